The molecule has 0 radical (unpaired) electrons. The topological polar surface area (TPSA) is 76.1 Å². The molecule has 0 unspecified atom stereocenters. The maximum atomic E-state index is 11.9. The van der Waals surface area contributed by atoms with Crippen LogP contribution in [-0.2, 0) is 4.74 Å². The summed E-state index contributed by atoms with van der Waals surface area (Å²) < 4.78 is 5.79. The van der Waals surface area contributed by atoms with Gasteiger partial charge in [-0.2, -0.15) is 0 Å². The zero-order chi connectivity index (χ0) is 15.1. The van der Waals surface area contributed by atoms with Gasteiger partial charge < -0.3 is 15.4 Å². The maximum Gasteiger partial charge on any atom is 0.270 e. The summed E-state index contributed by atoms with van der Waals surface area (Å²) in [4.78, 5) is 20.0. The number of hydrogen-bond donors (Lipinski definition) is 2. The molecule has 0 spiro atoms. The lowest BCUT2D eigenvalue weighted by Crippen LogP contribution is -2.27. The van der Waals surface area contributed by atoms with E-state index in [1.165, 1.54) is 6.33 Å². The van der Waals surface area contributed by atoms with Gasteiger partial charge in [-0.3, -0.25) is 4.79 Å². The molecule has 0 aliphatic heterocycles. The van der Waals surface area contributed by atoms with E-state index in [0.717, 1.165) is 10.2 Å². The molecule has 0 fully saturated rings. The summed E-state index contributed by atoms with van der Waals surface area (Å²) in [7, 11) is 1.58. The lowest BCUT2D eigenvalue weighted by Gasteiger charge is -2.08. The molecule has 1 amide bonds. The van der Waals surface area contributed by atoms with Crippen molar-refractivity contribution >= 4 is 33.3 Å². The van der Waals surface area contributed by atoms with Crippen molar-refractivity contribution in [2.45, 2.75) is 0 Å². The minimum Gasteiger partial charge on any atom is -0.383 e. The van der Waals surface area contributed by atoms with E-state index in [9.17, 15) is 4.79 Å². The number of rotatable bonds is 6. The monoisotopic (exact) mass is 350 g/mol. The number of methoxy groups -OCH3 is 1. The summed E-state index contributed by atoms with van der Waals surface area (Å²) in [6.07, 6.45) is 1.35. The van der Waals surface area contributed by atoms with Crippen molar-refractivity contribution in [1.29, 1.82) is 0 Å². The number of halogens is 1. The fourth-order valence-corrected chi connectivity index (χ4v) is 1.99. The molecule has 0 saturated carbocycles. The largest absolute Gasteiger partial charge is 0.383 e. The number of hydrogen-bond acceptors (Lipinski definition) is 5. The number of amides is 1. The third kappa shape index (κ3) is 4.51. The van der Waals surface area contributed by atoms with Crippen LogP contribution in [0.2, 0.25) is 0 Å². The summed E-state index contributed by atoms with van der Waals surface area (Å²) in [6, 6.07) is 9.25. The van der Waals surface area contributed by atoms with E-state index in [4.69, 9.17) is 4.74 Å². The van der Waals surface area contributed by atoms with Gasteiger partial charge in [0.2, 0.25) is 0 Å². The van der Waals surface area contributed by atoms with Gasteiger partial charge in [-0.15, -0.1) is 0 Å². The summed E-state index contributed by atoms with van der Waals surface area (Å²) in [5, 5.41) is 5.84. The van der Waals surface area contributed by atoms with Gasteiger partial charge in [0, 0.05) is 24.2 Å². The van der Waals surface area contributed by atoms with Crippen molar-refractivity contribution in [3.05, 3.63) is 46.8 Å². The Bertz CT molecular complexity index is 621. The average molecular weight is 351 g/mol. The van der Waals surface area contributed by atoms with Crippen molar-refractivity contribution in [1.82, 2.24) is 15.3 Å². The molecular formula is C14H15BrN4O2. The van der Waals surface area contributed by atoms with Crippen molar-refractivity contribution in [3.8, 4) is 0 Å². The highest BCUT2D eigenvalue weighted by atomic mass is 79.9. The molecule has 0 atom stereocenters. The zero-order valence-corrected chi connectivity index (χ0v) is 13.1. The van der Waals surface area contributed by atoms with E-state index in [0.29, 0.717) is 24.7 Å². The second kappa shape index (κ2) is 7.70. The summed E-state index contributed by atoms with van der Waals surface area (Å²) in [6.45, 7) is 0.894. The summed E-state index contributed by atoms with van der Waals surface area (Å²) in [5.41, 5.74) is 1.16. The first kappa shape index (κ1) is 15.4. The summed E-state index contributed by atoms with van der Waals surface area (Å²) in [5.74, 6) is 0.290. The number of carbonyl (C=O) groups excluding carboxylic acids is 1. The first-order valence-corrected chi connectivity index (χ1v) is 7.10. The van der Waals surface area contributed by atoms with E-state index < -0.39 is 0 Å². The molecule has 0 aliphatic carbocycles. The fourth-order valence-electron chi connectivity index (χ4n) is 1.61. The fraction of sp³-hybridized carbons (Fsp3) is 0.214. The lowest BCUT2D eigenvalue weighted by molar-refractivity contribution is 0.0932. The van der Waals surface area contributed by atoms with Crippen molar-refractivity contribution in [2.75, 3.05) is 25.6 Å². The zero-order valence-electron chi connectivity index (χ0n) is 11.5. The number of ether oxygens (including phenoxy) is 1. The quantitative estimate of drug-likeness (QED) is 0.782. The van der Waals surface area contributed by atoms with Gasteiger partial charge in [-0.25, -0.2) is 9.97 Å². The molecule has 110 valence electrons. The average Bonchev–Trinajstić information content (AvgIpc) is 2.50. The Morgan fingerprint density at radius 1 is 1.33 bits per heavy atom. The predicted molar refractivity (Wildman–Crippen MR) is 83.7 cm³/mol. The van der Waals surface area contributed by atoms with Crippen LogP contribution in [0, 0.1) is 0 Å². The molecule has 21 heavy (non-hydrogen) atoms. The van der Waals surface area contributed by atoms with E-state index in [-0.39, 0.29) is 5.91 Å². The Morgan fingerprint density at radius 2 is 2.14 bits per heavy atom. The van der Waals surface area contributed by atoms with Crippen LogP contribution < -0.4 is 10.6 Å². The van der Waals surface area contributed by atoms with Crippen LogP contribution >= 0.6 is 15.9 Å². The van der Waals surface area contributed by atoms with Crippen LogP contribution in [0.1, 0.15) is 10.5 Å². The van der Waals surface area contributed by atoms with Gasteiger partial charge in [-0.1, -0.05) is 12.1 Å². The van der Waals surface area contributed by atoms with Crippen LogP contribution in [-0.4, -0.2) is 36.1 Å². The molecule has 2 aromatic rings. The number of benzene rings is 1. The molecule has 0 saturated heterocycles. The van der Waals surface area contributed by atoms with Gasteiger partial charge in [-0.05, 0) is 28.1 Å². The third-order valence-corrected chi connectivity index (χ3v) is 3.32. The molecule has 2 N–H and O–H groups in total. The van der Waals surface area contributed by atoms with Gasteiger partial charge >= 0.3 is 0 Å². The molecule has 0 aliphatic rings. The molecule has 1 aromatic heterocycles. The first-order valence-electron chi connectivity index (χ1n) is 6.31. The van der Waals surface area contributed by atoms with Crippen LogP contribution in [0.15, 0.2) is 41.1 Å². The number of nitrogens with one attached hydrogen (secondary N) is 2. The minimum absolute atomic E-state index is 0.260. The molecule has 1 heterocycles. The Hall–Kier alpha value is -1.99. The molecular weight excluding hydrogens is 336 g/mol. The predicted octanol–water partition coefficient (Wildman–Crippen LogP) is 2.36. The third-order valence-electron chi connectivity index (χ3n) is 2.63. The minimum atomic E-state index is -0.260. The Balaban J connectivity index is 2.07. The van der Waals surface area contributed by atoms with Crippen LogP contribution in [0.5, 0.6) is 0 Å². The highest BCUT2D eigenvalue weighted by molar-refractivity contribution is 9.10. The molecule has 0 bridgehead atoms. The SMILES string of the molecule is COCCNC(=O)c1cc(Nc2ccccc2Br)ncn1. The smallest absolute Gasteiger partial charge is 0.270 e. The van der Waals surface area contributed by atoms with E-state index in [1.54, 1.807) is 13.2 Å². The molecule has 6 nitrogen and oxygen atoms in total. The Labute approximate surface area is 131 Å². The Kier molecular flexibility index (Phi) is 5.65. The van der Waals surface area contributed by atoms with E-state index in [2.05, 4.69) is 36.5 Å². The first-order chi connectivity index (χ1) is 10.2. The van der Waals surface area contributed by atoms with E-state index in [1.807, 2.05) is 24.3 Å². The number of anilines is 2. The van der Waals surface area contributed by atoms with Crippen molar-refractivity contribution in [2.24, 2.45) is 0 Å². The van der Waals surface area contributed by atoms with Crippen molar-refractivity contribution < 1.29 is 9.53 Å². The second-order valence-electron chi connectivity index (χ2n) is 4.14. The van der Waals surface area contributed by atoms with Crippen LogP contribution in [0.4, 0.5) is 11.5 Å². The number of aromatic nitrogens is 2. The van der Waals surface area contributed by atoms with Gasteiger partial charge in [0.15, 0.2) is 0 Å². The highest BCUT2D eigenvalue weighted by Gasteiger charge is 2.08. The van der Waals surface area contributed by atoms with E-state index >= 15 is 0 Å². The number of nitrogens with zero attached hydrogens (tertiary/aromatic N) is 2. The normalized spacial score (nSPS) is 10.2. The number of carbonyl (C=O) groups is 1. The molecule has 2 rings (SSSR count). The van der Waals surface area contributed by atoms with Gasteiger partial charge in [0.1, 0.15) is 17.8 Å². The second-order valence-corrected chi connectivity index (χ2v) is 5.00. The number of para-hydroxylation sites is 1. The lowest BCUT2D eigenvalue weighted by atomic mass is 10.3. The van der Waals surface area contributed by atoms with Gasteiger partial charge in [0.05, 0.1) is 12.3 Å². The standard InChI is InChI=1S/C14H15BrN4O2/c1-21-7-6-16-14(20)12-8-13(18-9-17-12)19-11-5-3-2-4-10(11)15/h2-5,8-9H,6-7H2,1H3,(H,16,20)(H,17,18,19). The van der Waals surface area contributed by atoms with Crippen LogP contribution in [0.25, 0.3) is 0 Å². The maximum absolute atomic E-state index is 11.9. The van der Waals surface area contributed by atoms with Gasteiger partial charge in [0.25, 0.3) is 5.91 Å². The summed E-state index contributed by atoms with van der Waals surface area (Å²) >= 11 is 3.44. The molecule has 1 aromatic carbocycles. The highest BCUT2D eigenvalue weighted by Crippen LogP contribution is 2.24. The molecule has 7 heteroatoms. The van der Waals surface area contributed by atoms with Crippen molar-refractivity contribution in [3.63, 3.8) is 0 Å². The Morgan fingerprint density at radius 3 is 2.90 bits per heavy atom. The van der Waals surface area contributed by atoms with Crippen LogP contribution in [0.3, 0.4) is 0 Å².